The number of benzene rings is 1. The van der Waals surface area contributed by atoms with Crippen LogP contribution in [0.3, 0.4) is 0 Å². The number of allylic oxidation sites excluding steroid dienone is 2. The highest BCUT2D eigenvalue weighted by molar-refractivity contribution is 5.98. The van der Waals surface area contributed by atoms with E-state index in [1.807, 2.05) is 6.08 Å². The third-order valence-corrected chi connectivity index (χ3v) is 5.63. The van der Waals surface area contributed by atoms with Crippen molar-refractivity contribution < 1.29 is 9.53 Å². The van der Waals surface area contributed by atoms with E-state index in [1.165, 1.54) is 18.4 Å². The minimum Gasteiger partial charge on any atom is -0.490 e. The number of ether oxygens (including phenoxy) is 1. The van der Waals surface area contributed by atoms with E-state index >= 15 is 0 Å². The third-order valence-electron chi connectivity index (χ3n) is 5.63. The molecule has 0 atom stereocenters. The molecule has 0 radical (unpaired) electrons. The molecule has 1 aromatic carbocycles. The summed E-state index contributed by atoms with van der Waals surface area (Å²) in [5, 5.41) is 0. The van der Waals surface area contributed by atoms with E-state index in [0.717, 1.165) is 42.9 Å². The molecular weight excluding hydrogens is 296 g/mol. The molecule has 0 aliphatic heterocycles. The summed E-state index contributed by atoms with van der Waals surface area (Å²) >= 11 is 0. The zero-order valence-corrected chi connectivity index (χ0v) is 15.3. The first-order valence-corrected chi connectivity index (χ1v) is 9.42. The van der Waals surface area contributed by atoms with E-state index in [2.05, 4.69) is 45.0 Å². The van der Waals surface area contributed by atoms with Gasteiger partial charge in [-0.05, 0) is 79.2 Å². The topological polar surface area (TPSA) is 26.3 Å². The molecule has 130 valence electrons. The normalized spacial score (nSPS) is 25.3. The Morgan fingerprint density at radius 3 is 2.21 bits per heavy atom. The molecule has 2 aliphatic rings. The standard InChI is InChI=1S/C22H30O2/c1-22(2,3)18-9-13-21(14-10-18)24-20-11-7-16(8-12-20)17-5-4-6-19(23)15-17/h7-8,11-12,15,18,21H,4-6,9-10,13-14H2,1-3H3/t18-,21-. The van der Waals surface area contributed by atoms with Gasteiger partial charge in [0.15, 0.2) is 5.78 Å². The molecule has 0 aromatic heterocycles. The van der Waals surface area contributed by atoms with Crippen molar-refractivity contribution in [2.45, 2.75) is 71.8 Å². The minimum absolute atomic E-state index is 0.257. The Bertz CT molecular complexity index is 596. The molecule has 0 saturated heterocycles. The van der Waals surface area contributed by atoms with Crippen molar-refractivity contribution in [3.05, 3.63) is 35.9 Å². The molecule has 0 heterocycles. The van der Waals surface area contributed by atoms with Crippen LogP contribution in [0.15, 0.2) is 30.3 Å². The van der Waals surface area contributed by atoms with Crippen LogP contribution in [-0.2, 0) is 4.79 Å². The highest BCUT2D eigenvalue weighted by atomic mass is 16.5. The molecule has 0 unspecified atom stereocenters. The van der Waals surface area contributed by atoms with E-state index in [-0.39, 0.29) is 5.78 Å². The molecule has 1 saturated carbocycles. The number of hydrogen-bond donors (Lipinski definition) is 0. The first-order chi connectivity index (χ1) is 11.4. The number of rotatable bonds is 3. The second kappa shape index (κ2) is 7.13. The van der Waals surface area contributed by atoms with Crippen LogP contribution in [0, 0.1) is 11.3 Å². The molecule has 0 spiro atoms. The molecule has 2 nitrogen and oxygen atoms in total. The highest BCUT2D eigenvalue weighted by Crippen LogP contribution is 2.38. The van der Waals surface area contributed by atoms with Crippen molar-refractivity contribution in [3.8, 4) is 5.75 Å². The van der Waals surface area contributed by atoms with Crippen LogP contribution in [0.1, 0.15) is 71.3 Å². The maximum absolute atomic E-state index is 11.6. The van der Waals surface area contributed by atoms with Gasteiger partial charge in [0, 0.05) is 6.42 Å². The van der Waals surface area contributed by atoms with Crippen molar-refractivity contribution in [2.24, 2.45) is 11.3 Å². The number of carbonyl (C=O) groups is 1. The average molecular weight is 326 g/mol. The van der Waals surface area contributed by atoms with Gasteiger partial charge in [-0.2, -0.15) is 0 Å². The molecule has 2 aliphatic carbocycles. The number of hydrogen-bond acceptors (Lipinski definition) is 2. The van der Waals surface area contributed by atoms with Gasteiger partial charge in [0.2, 0.25) is 0 Å². The second-order valence-electron chi connectivity index (χ2n) is 8.47. The lowest BCUT2D eigenvalue weighted by Crippen LogP contribution is -2.30. The number of ketones is 1. The fourth-order valence-corrected chi connectivity index (χ4v) is 4.01. The first-order valence-electron chi connectivity index (χ1n) is 9.42. The van der Waals surface area contributed by atoms with Crippen LogP contribution in [0.5, 0.6) is 5.75 Å². The van der Waals surface area contributed by atoms with Crippen LogP contribution < -0.4 is 4.74 Å². The van der Waals surface area contributed by atoms with E-state index in [9.17, 15) is 4.79 Å². The minimum atomic E-state index is 0.257. The molecule has 0 amide bonds. The van der Waals surface area contributed by atoms with Gasteiger partial charge in [0.05, 0.1) is 6.10 Å². The third kappa shape index (κ3) is 4.28. The first kappa shape index (κ1) is 17.3. The maximum Gasteiger partial charge on any atom is 0.155 e. The van der Waals surface area contributed by atoms with Gasteiger partial charge < -0.3 is 4.74 Å². The van der Waals surface area contributed by atoms with E-state index in [4.69, 9.17) is 4.74 Å². The van der Waals surface area contributed by atoms with Crippen LogP contribution in [0.2, 0.25) is 0 Å². The Kier molecular flexibility index (Phi) is 5.12. The largest absolute Gasteiger partial charge is 0.490 e. The lowest BCUT2D eigenvalue weighted by atomic mass is 9.72. The Balaban J connectivity index is 1.57. The highest BCUT2D eigenvalue weighted by Gasteiger charge is 2.30. The van der Waals surface area contributed by atoms with Gasteiger partial charge in [-0.1, -0.05) is 32.9 Å². The summed E-state index contributed by atoms with van der Waals surface area (Å²) in [6.07, 6.45) is 9.68. The summed E-state index contributed by atoms with van der Waals surface area (Å²) in [6, 6.07) is 8.32. The molecule has 1 fully saturated rings. The van der Waals surface area contributed by atoms with E-state index in [1.54, 1.807) is 0 Å². The van der Waals surface area contributed by atoms with Crippen LogP contribution >= 0.6 is 0 Å². The van der Waals surface area contributed by atoms with E-state index in [0.29, 0.717) is 17.9 Å². The summed E-state index contributed by atoms with van der Waals surface area (Å²) in [5.41, 5.74) is 2.74. The van der Waals surface area contributed by atoms with Crippen molar-refractivity contribution in [1.82, 2.24) is 0 Å². The summed E-state index contributed by atoms with van der Waals surface area (Å²) in [5.74, 6) is 2.03. The molecule has 0 N–H and O–H groups in total. The molecule has 3 rings (SSSR count). The van der Waals surface area contributed by atoms with Crippen molar-refractivity contribution in [3.63, 3.8) is 0 Å². The zero-order chi connectivity index (χ0) is 17.2. The van der Waals surface area contributed by atoms with Crippen LogP contribution in [0.25, 0.3) is 5.57 Å². The van der Waals surface area contributed by atoms with E-state index < -0.39 is 0 Å². The van der Waals surface area contributed by atoms with Crippen molar-refractivity contribution in [2.75, 3.05) is 0 Å². The summed E-state index contributed by atoms with van der Waals surface area (Å²) in [4.78, 5) is 11.6. The van der Waals surface area contributed by atoms with Gasteiger partial charge in [-0.3, -0.25) is 4.79 Å². The summed E-state index contributed by atoms with van der Waals surface area (Å²) in [6.45, 7) is 7.05. The van der Waals surface area contributed by atoms with Gasteiger partial charge in [-0.15, -0.1) is 0 Å². The summed E-state index contributed by atoms with van der Waals surface area (Å²) in [7, 11) is 0. The number of carbonyl (C=O) groups excluding carboxylic acids is 1. The molecule has 1 aromatic rings. The smallest absolute Gasteiger partial charge is 0.155 e. The Labute approximate surface area is 146 Å². The lowest BCUT2D eigenvalue weighted by molar-refractivity contribution is -0.114. The molecule has 2 heteroatoms. The van der Waals surface area contributed by atoms with Gasteiger partial charge >= 0.3 is 0 Å². The Morgan fingerprint density at radius 2 is 1.62 bits per heavy atom. The fraction of sp³-hybridized carbons (Fsp3) is 0.591. The second-order valence-corrected chi connectivity index (χ2v) is 8.47. The Hall–Kier alpha value is -1.57. The lowest BCUT2D eigenvalue weighted by Gasteiger charge is -2.36. The quantitative estimate of drug-likeness (QED) is 0.701. The predicted molar refractivity (Wildman–Crippen MR) is 99.1 cm³/mol. The molecular formula is C22H30O2. The molecule has 24 heavy (non-hydrogen) atoms. The zero-order valence-electron chi connectivity index (χ0n) is 15.3. The fourth-order valence-electron chi connectivity index (χ4n) is 4.01. The van der Waals surface area contributed by atoms with Gasteiger partial charge in [0.1, 0.15) is 5.75 Å². The average Bonchev–Trinajstić information content (AvgIpc) is 2.55. The van der Waals surface area contributed by atoms with Crippen molar-refractivity contribution >= 4 is 11.4 Å². The maximum atomic E-state index is 11.6. The SMILES string of the molecule is CC(C)(C)[C@H]1CC[C@H](Oc2ccc(C3=CC(=O)CCC3)cc2)CC1. The summed E-state index contributed by atoms with van der Waals surface area (Å²) < 4.78 is 6.19. The van der Waals surface area contributed by atoms with Gasteiger partial charge in [0.25, 0.3) is 0 Å². The van der Waals surface area contributed by atoms with Crippen molar-refractivity contribution in [1.29, 1.82) is 0 Å². The van der Waals surface area contributed by atoms with Gasteiger partial charge in [-0.25, -0.2) is 0 Å². The van der Waals surface area contributed by atoms with Crippen LogP contribution in [0.4, 0.5) is 0 Å². The monoisotopic (exact) mass is 326 g/mol. The molecule has 0 bridgehead atoms. The predicted octanol–water partition coefficient (Wildman–Crippen LogP) is 5.81. The Morgan fingerprint density at radius 1 is 0.958 bits per heavy atom. The van der Waals surface area contributed by atoms with Crippen LogP contribution in [-0.4, -0.2) is 11.9 Å².